The van der Waals surface area contributed by atoms with Crippen LogP contribution in [0.4, 0.5) is 5.69 Å². The van der Waals surface area contributed by atoms with Gasteiger partial charge in [0, 0.05) is 6.54 Å². The number of carbonyl (C=O) groups excluding carboxylic acids is 1. The van der Waals surface area contributed by atoms with Gasteiger partial charge in [-0.1, -0.05) is 0 Å². The second kappa shape index (κ2) is 4.36. The first-order chi connectivity index (χ1) is 8.00. The van der Waals surface area contributed by atoms with E-state index < -0.39 is 21.0 Å². The maximum Gasteiger partial charge on any atom is 0.271 e. The Morgan fingerprint density at radius 1 is 1.65 bits per heavy atom. The van der Waals surface area contributed by atoms with Crippen LogP contribution in [0.5, 0.6) is 0 Å². The summed E-state index contributed by atoms with van der Waals surface area (Å²) in [5.41, 5.74) is 5.92. The number of sulfone groups is 1. The third-order valence-electron chi connectivity index (χ3n) is 2.85. The van der Waals surface area contributed by atoms with E-state index in [0.29, 0.717) is 12.8 Å². The molecule has 0 aliphatic carbocycles. The quantitative estimate of drug-likeness (QED) is 0.662. The molecular weight excluding hydrogens is 244 g/mol. The second-order valence-electron chi connectivity index (χ2n) is 4.04. The Labute approximate surface area is 98.7 Å². The van der Waals surface area contributed by atoms with Crippen molar-refractivity contribution in [2.75, 3.05) is 18.0 Å². The zero-order chi connectivity index (χ0) is 12.5. The minimum absolute atomic E-state index is 0.125. The van der Waals surface area contributed by atoms with Crippen molar-refractivity contribution in [1.82, 2.24) is 15.5 Å². The van der Waals surface area contributed by atoms with Gasteiger partial charge in [-0.2, -0.15) is 5.10 Å². The maximum absolute atomic E-state index is 11.6. The molecule has 8 heteroatoms. The molecular formula is C9H14N4O3S. The van der Waals surface area contributed by atoms with Crippen LogP contribution in [0.1, 0.15) is 23.3 Å². The van der Waals surface area contributed by atoms with Crippen LogP contribution in [0.25, 0.3) is 0 Å². The molecule has 1 fully saturated rings. The average Bonchev–Trinajstić information content (AvgIpc) is 2.81. The van der Waals surface area contributed by atoms with Gasteiger partial charge in [-0.25, -0.2) is 8.42 Å². The lowest BCUT2D eigenvalue weighted by atomic mass is 10.2. The number of hydrogen-bond donors (Lipinski definition) is 3. The number of aromatic amines is 1. The predicted molar refractivity (Wildman–Crippen MR) is 62.1 cm³/mol. The van der Waals surface area contributed by atoms with Crippen LogP contribution < -0.4 is 11.1 Å². The number of nitrogens with two attached hydrogens (primary N) is 1. The summed E-state index contributed by atoms with van der Waals surface area (Å²) in [6.45, 7) is 0.125. The summed E-state index contributed by atoms with van der Waals surface area (Å²) in [5, 5.41) is 8.16. The fraction of sp³-hybridized carbons (Fsp3) is 0.556. The highest BCUT2D eigenvalue weighted by Gasteiger charge is 2.31. The summed E-state index contributed by atoms with van der Waals surface area (Å²) in [4.78, 5) is 11.6. The molecule has 17 heavy (non-hydrogen) atoms. The highest BCUT2D eigenvalue weighted by molar-refractivity contribution is 7.92. The molecule has 1 aliphatic heterocycles. The molecule has 0 spiro atoms. The molecule has 0 radical (unpaired) electrons. The summed E-state index contributed by atoms with van der Waals surface area (Å²) in [6, 6.07) is 0. The Kier molecular flexibility index (Phi) is 3.05. The van der Waals surface area contributed by atoms with Crippen molar-refractivity contribution in [3.8, 4) is 0 Å². The smallest absolute Gasteiger partial charge is 0.271 e. The monoisotopic (exact) mass is 258 g/mol. The van der Waals surface area contributed by atoms with E-state index in [2.05, 4.69) is 15.5 Å². The first kappa shape index (κ1) is 11.9. The number of anilines is 1. The summed E-state index contributed by atoms with van der Waals surface area (Å²) < 4.78 is 23.1. The number of hydrogen-bond acceptors (Lipinski definition) is 5. The minimum Gasteiger partial charge on any atom is -0.396 e. The molecule has 1 saturated heterocycles. The van der Waals surface area contributed by atoms with E-state index in [0.717, 1.165) is 0 Å². The van der Waals surface area contributed by atoms with Crippen LogP contribution in [0.15, 0.2) is 6.20 Å². The average molecular weight is 258 g/mol. The Bertz CT molecular complexity index is 522. The van der Waals surface area contributed by atoms with Gasteiger partial charge in [0.2, 0.25) is 0 Å². The number of nitrogens with zero attached hydrogens (tertiary/aromatic N) is 1. The zero-order valence-corrected chi connectivity index (χ0v) is 9.96. The molecule has 1 aromatic heterocycles. The molecule has 1 atom stereocenters. The van der Waals surface area contributed by atoms with E-state index in [1.165, 1.54) is 6.20 Å². The lowest BCUT2D eigenvalue weighted by molar-refractivity contribution is 0.0949. The van der Waals surface area contributed by atoms with E-state index in [1.54, 1.807) is 0 Å². The maximum atomic E-state index is 11.6. The Morgan fingerprint density at radius 2 is 2.41 bits per heavy atom. The SMILES string of the molecule is Nc1cn[nH]c1C(=O)NCC1CCCS1(=O)=O. The number of aromatic nitrogens is 2. The van der Waals surface area contributed by atoms with E-state index >= 15 is 0 Å². The molecule has 0 bridgehead atoms. The number of rotatable bonds is 3. The van der Waals surface area contributed by atoms with Crippen LogP contribution in [0.2, 0.25) is 0 Å². The van der Waals surface area contributed by atoms with Crippen LogP contribution in [0.3, 0.4) is 0 Å². The zero-order valence-electron chi connectivity index (χ0n) is 9.14. The lowest BCUT2D eigenvalue weighted by Crippen LogP contribution is -2.35. The molecule has 7 nitrogen and oxygen atoms in total. The fourth-order valence-electron chi connectivity index (χ4n) is 1.86. The van der Waals surface area contributed by atoms with Gasteiger partial charge in [-0.3, -0.25) is 9.89 Å². The molecule has 2 heterocycles. The molecule has 94 valence electrons. The van der Waals surface area contributed by atoms with Gasteiger partial charge < -0.3 is 11.1 Å². The molecule has 1 aliphatic rings. The normalized spacial score (nSPS) is 22.5. The number of amides is 1. The standard InChI is InChI=1S/C9H14N4O3S/c10-7-5-12-13-8(7)9(14)11-4-6-2-1-3-17(6,15)16/h5-6H,1-4,10H2,(H,11,14)(H,12,13). The fourth-order valence-corrected chi connectivity index (χ4v) is 3.63. The van der Waals surface area contributed by atoms with E-state index in [9.17, 15) is 13.2 Å². The topological polar surface area (TPSA) is 118 Å². The minimum atomic E-state index is -3.03. The second-order valence-corrected chi connectivity index (χ2v) is 6.44. The number of nitrogen functional groups attached to an aromatic ring is 1. The van der Waals surface area contributed by atoms with Crippen LogP contribution in [-0.4, -0.2) is 42.1 Å². The molecule has 1 unspecified atom stereocenters. The van der Waals surface area contributed by atoms with Crippen molar-refractivity contribution >= 4 is 21.4 Å². The van der Waals surface area contributed by atoms with E-state index in [1.807, 2.05) is 0 Å². The van der Waals surface area contributed by atoms with Gasteiger partial charge in [0.05, 0.1) is 22.9 Å². The highest BCUT2D eigenvalue weighted by Crippen LogP contribution is 2.19. The third kappa shape index (κ3) is 2.41. The Balaban J connectivity index is 1.96. The first-order valence-electron chi connectivity index (χ1n) is 5.29. The largest absolute Gasteiger partial charge is 0.396 e. The van der Waals surface area contributed by atoms with Crippen molar-refractivity contribution < 1.29 is 13.2 Å². The summed E-state index contributed by atoms with van der Waals surface area (Å²) in [7, 11) is -3.03. The van der Waals surface area contributed by atoms with Crippen molar-refractivity contribution in [2.24, 2.45) is 0 Å². The first-order valence-corrected chi connectivity index (χ1v) is 7.01. The molecule has 2 rings (SSSR count). The van der Waals surface area contributed by atoms with Gasteiger partial charge in [-0.15, -0.1) is 0 Å². The predicted octanol–water partition coefficient (Wildman–Crippen LogP) is -0.701. The van der Waals surface area contributed by atoms with Crippen molar-refractivity contribution in [2.45, 2.75) is 18.1 Å². The number of carbonyl (C=O) groups is 1. The van der Waals surface area contributed by atoms with Gasteiger partial charge in [0.25, 0.3) is 5.91 Å². The van der Waals surface area contributed by atoms with E-state index in [4.69, 9.17) is 5.73 Å². The summed E-state index contributed by atoms with van der Waals surface area (Å²) >= 11 is 0. The molecule has 0 aromatic carbocycles. The van der Waals surface area contributed by atoms with Crippen molar-refractivity contribution in [1.29, 1.82) is 0 Å². The third-order valence-corrected chi connectivity index (χ3v) is 5.12. The summed E-state index contributed by atoms with van der Waals surface area (Å²) in [6.07, 6.45) is 2.59. The molecule has 4 N–H and O–H groups in total. The van der Waals surface area contributed by atoms with Gasteiger partial charge in [0.15, 0.2) is 9.84 Å². The summed E-state index contributed by atoms with van der Waals surface area (Å²) in [5.74, 6) is -0.221. The van der Waals surface area contributed by atoms with Crippen molar-refractivity contribution in [3.63, 3.8) is 0 Å². The van der Waals surface area contributed by atoms with Crippen molar-refractivity contribution in [3.05, 3.63) is 11.9 Å². The molecule has 1 amide bonds. The number of H-pyrrole nitrogens is 1. The highest BCUT2D eigenvalue weighted by atomic mass is 32.2. The van der Waals surface area contributed by atoms with Crippen LogP contribution in [0, 0.1) is 0 Å². The van der Waals surface area contributed by atoms with Crippen LogP contribution in [-0.2, 0) is 9.84 Å². The van der Waals surface area contributed by atoms with Gasteiger partial charge in [0.1, 0.15) is 5.69 Å². The molecule has 0 saturated carbocycles. The molecule has 1 aromatic rings. The van der Waals surface area contributed by atoms with Crippen LogP contribution >= 0.6 is 0 Å². The Morgan fingerprint density at radius 3 is 2.94 bits per heavy atom. The lowest BCUT2D eigenvalue weighted by Gasteiger charge is -2.10. The number of nitrogens with one attached hydrogen (secondary N) is 2. The van der Waals surface area contributed by atoms with Gasteiger partial charge in [-0.05, 0) is 12.8 Å². The van der Waals surface area contributed by atoms with Gasteiger partial charge >= 0.3 is 0 Å². The Hall–Kier alpha value is -1.57. The van der Waals surface area contributed by atoms with E-state index in [-0.39, 0.29) is 23.7 Å².